The van der Waals surface area contributed by atoms with Crippen LogP contribution in [0.3, 0.4) is 0 Å². The molecule has 0 N–H and O–H groups in total. The largest absolute Gasteiger partial charge is 0.464 e. The molecule has 3 aromatic heterocycles. The number of hydrogen-bond acceptors (Lipinski definition) is 3. The number of aromatic nitrogens is 1. The van der Waals surface area contributed by atoms with Gasteiger partial charge in [-0.05, 0) is 73.6 Å². The van der Waals surface area contributed by atoms with Gasteiger partial charge in [0.05, 0.1) is 6.26 Å². The zero-order valence-corrected chi connectivity index (χ0v) is 16.4. The van der Waals surface area contributed by atoms with Crippen molar-refractivity contribution in [3.8, 4) is 11.3 Å². The second-order valence-electron chi connectivity index (χ2n) is 7.77. The maximum atomic E-state index is 5.89. The average molecular weight is 374 g/mol. The van der Waals surface area contributed by atoms with Crippen molar-refractivity contribution in [3.63, 3.8) is 0 Å². The van der Waals surface area contributed by atoms with E-state index in [-0.39, 0.29) is 12.4 Å². The Morgan fingerprint density at radius 2 is 1.88 bits per heavy atom. The number of nitrogens with zero attached hydrogens (tertiary/aromatic N) is 1. The number of thiophene rings is 1. The Morgan fingerprint density at radius 3 is 2.68 bits per heavy atom. The van der Waals surface area contributed by atoms with Crippen LogP contribution in [0.1, 0.15) is 48.4 Å². The summed E-state index contributed by atoms with van der Waals surface area (Å²) in [7, 11) is 0. The normalized spacial score (nSPS) is 22.3. The minimum absolute atomic E-state index is 0. The number of aryl methyl sites for hydroxylation is 2. The average Bonchev–Trinajstić information content (AvgIpc) is 3.19. The number of hydrogen-bond donors (Lipinski definition) is 0. The van der Waals surface area contributed by atoms with Gasteiger partial charge in [0.2, 0.25) is 0 Å². The van der Waals surface area contributed by atoms with Crippen LogP contribution in [0.2, 0.25) is 0 Å². The van der Waals surface area contributed by atoms with Crippen LogP contribution in [0.15, 0.2) is 22.8 Å². The fraction of sp³-hybridized carbons (Fsp3) is 0.476. The van der Waals surface area contributed by atoms with Gasteiger partial charge in [-0.3, -0.25) is 0 Å². The molecule has 4 heteroatoms. The number of fused-ring (bicyclic) bond motifs is 4. The molecule has 0 bridgehead atoms. The van der Waals surface area contributed by atoms with Crippen LogP contribution in [0.5, 0.6) is 0 Å². The molecular weight excluding hydrogens is 350 g/mol. The first-order valence-corrected chi connectivity index (χ1v) is 10.0. The first-order valence-electron chi connectivity index (χ1n) is 9.20. The summed E-state index contributed by atoms with van der Waals surface area (Å²) in [6.45, 7) is 4.74. The van der Waals surface area contributed by atoms with Crippen LogP contribution >= 0.6 is 23.7 Å². The molecule has 0 radical (unpaired) electrons. The first-order chi connectivity index (χ1) is 11.7. The molecule has 3 heterocycles. The molecule has 2 aliphatic rings. The molecule has 2 aliphatic carbocycles. The Labute approximate surface area is 159 Å². The zero-order valence-electron chi connectivity index (χ0n) is 14.8. The summed E-state index contributed by atoms with van der Waals surface area (Å²) in [4.78, 5) is 7.94. The quantitative estimate of drug-likeness (QED) is 0.505. The van der Waals surface area contributed by atoms with E-state index in [1.807, 2.05) is 17.4 Å². The van der Waals surface area contributed by atoms with Crippen molar-refractivity contribution < 1.29 is 4.42 Å². The van der Waals surface area contributed by atoms with Gasteiger partial charge in [-0.2, -0.15) is 0 Å². The fourth-order valence-electron chi connectivity index (χ4n) is 4.51. The predicted octanol–water partition coefficient (Wildman–Crippen LogP) is 6.23. The van der Waals surface area contributed by atoms with Crippen molar-refractivity contribution in [1.29, 1.82) is 0 Å². The Morgan fingerprint density at radius 1 is 1.08 bits per heavy atom. The van der Waals surface area contributed by atoms with E-state index in [0.717, 1.165) is 30.4 Å². The van der Waals surface area contributed by atoms with E-state index >= 15 is 0 Å². The molecule has 5 rings (SSSR count). The summed E-state index contributed by atoms with van der Waals surface area (Å²) in [5, 5.41) is 1.41. The lowest BCUT2D eigenvalue weighted by Crippen LogP contribution is -2.14. The van der Waals surface area contributed by atoms with Crippen LogP contribution in [-0.4, -0.2) is 4.98 Å². The van der Waals surface area contributed by atoms with Gasteiger partial charge >= 0.3 is 0 Å². The third kappa shape index (κ3) is 2.72. The molecule has 0 aliphatic heterocycles. The van der Waals surface area contributed by atoms with Gasteiger partial charge in [-0.1, -0.05) is 13.8 Å². The molecule has 0 fully saturated rings. The lowest BCUT2D eigenvalue weighted by Gasteiger charge is -2.24. The van der Waals surface area contributed by atoms with E-state index in [2.05, 4.69) is 19.9 Å². The number of furan rings is 1. The Kier molecular flexibility index (Phi) is 4.41. The summed E-state index contributed by atoms with van der Waals surface area (Å²) >= 11 is 1.94. The highest BCUT2D eigenvalue weighted by Gasteiger charge is 2.29. The van der Waals surface area contributed by atoms with Gasteiger partial charge in [0, 0.05) is 21.5 Å². The maximum absolute atomic E-state index is 5.89. The van der Waals surface area contributed by atoms with Crippen LogP contribution < -0.4 is 0 Å². The van der Waals surface area contributed by atoms with Crippen LogP contribution in [0.4, 0.5) is 0 Å². The molecular formula is C21H24ClNOS. The molecule has 2 nitrogen and oxygen atoms in total. The van der Waals surface area contributed by atoms with Gasteiger partial charge in [0.15, 0.2) is 0 Å². The van der Waals surface area contributed by atoms with E-state index in [1.165, 1.54) is 52.7 Å². The number of pyridine rings is 1. The lowest BCUT2D eigenvalue weighted by atomic mass is 9.82. The molecule has 0 spiro atoms. The second-order valence-corrected chi connectivity index (χ2v) is 8.85. The standard InChI is InChI=1S/C21H23NOS.ClH/c1-12-6-8-16-15(10-12)19(17-4-3-9-23-17)20-14-7-5-13(2)11-18(14)24-21(20)22-16;/h3-4,9,12-13H,5-8,10-11H2,1-2H3;1H. The van der Waals surface area contributed by atoms with Crippen molar-refractivity contribution in [2.75, 3.05) is 0 Å². The van der Waals surface area contributed by atoms with E-state index < -0.39 is 0 Å². The van der Waals surface area contributed by atoms with E-state index in [9.17, 15) is 0 Å². The van der Waals surface area contributed by atoms with Crippen LogP contribution in [-0.2, 0) is 25.7 Å². The highest BCUT2D eigenvalue weighted by molar-refractivity contribution is 7.19. The minimum atomic E-state index is 0. The molecule has 3 aromatic rings. The van der Waals surface area contributed by atoms with E-state index in [0.29, 0.717) is 0 Å². The molecule has 0 aromatic carbocycles. The van der Waals surface area contributed by atoms with Gasteiger partial charge in [0.1, 0.15) is 10.6 Å². The Hall–Kier alpha value is -1.32. The summed E-state index contributed by atoms with van der Waals surface area (Å²) in [6, 6.07) is 4.14. The maximum Gasteiger partial charge on any atom is 0.134 e. The Bertz CT molecular complexity index is 912. The summed E-state index contributed by atoms with van der Waals surface area (Å²) in [6.07, 6.45) is 9.01. The van der Waals surface area contributed by atoms with Crippen molar-refractivity contribution in [2.45, 2.75) is 52.4 Å². The van der Waals surface area contributed by atoms with Gasteiger partial charge in [0.25, 0.3) is 0 Å². The van der Waals surface area contributed by atoms with E-state index in [4.69, 9.17) is 9.40 Å². The predicted molar refractivity (Wildman–Crippen MR) is 107 cm³/mol. The third-order valence-corrected chi connectivity index (χ3v) is 6.97. The van der Waals surface area contributed by atoms with Crippen molar-refractivity contribution >= 4 is 34.0 Å². The summed E-state index contributed by atoms with van der Waals surface area (Å²) in [5.74, 6) is 2.57. The van der Waals surface area contributed by atoms with Gasteiger partial charge < -0.3 is 4.42 Å². The number of halogens is 1. The molecule has 2 unspecified atom stereocenters. The molecule has 25 heavy (non-hydrogen) atoms. The lowest BCUT2D eigenvalue weighted by molar-refractivity contribution is 0.494. The fourth-order valence-corrected chi connectivity index (χ4v) is 5.92. The van der Waals surface area contributed by atoms with Crippen molar-refractivity contribution in [3.05, 3.63) is 40.1 Å². The SMILES string of the molecule is CC1CCc2c(sc3nc4c(c(-c5ccco5)c23)CC(C)CC4)C1.Cl. The third-order valence-electron chi connectivity index (χ3n) is 5.82. The second kappa shape index (κ2) is 6.44. The Balaban J connectivity index is 0.00000157. The topological polar surface area (TPSA) is 26.0 Å². The molecule has 0 saturated heterocycles. The summed E-state index contributed by atoms with van der Waals surface area (Å²) < 4.78 is 5.89. The summed E-state index contributed by atoms with van der Waals surface area (Å²) in [5.41, 5.74) is 5.70. The minimum Gasteiger partial charge on any atom is -0.464 e. The molecule has 0 amide bonds. The molecule has 0 saturated carbocycles. The van der Waals surface area contributed by atoms with Gasteiger partial charge in [-0.25, -0.2) is 4.98 Å². The van der Waals surface area contributed by atoms with E-state index in [1.54, 1.807) is 16.7 Å². The number of rotatable bonds is 1. The van der Waals surface area contributed by atoms with Crippen LogP contribution in [0.25, 0.3) is 21.5 Å². The highest BCUT2D eigenvalue weighted by atomic mass is 35.5. The molecule has 2 atom stereocenters. The van der Waals surface area contributed by atoms with Gasteiger partial charge in [-0.15, -0.1) is 23.7 Å². The highest BCUT2D eigenvalue weighted by Crippen LogP contribution is 2.45. The van der Waals surface area contributed by atoms with Crippen molar-refractivity contribution in [1.82, 2.24) is 4.98 Å². The van der Waals surface area contributed by atoms with Crippen LogP contribution in [0, 0.1) is 11.8 Å². The zero-order chi connectivity index (χ0) is 16.3. The first kappa shape index (κ1) is 17.1. The smallest absolute Gasteiger partial charge is 0.134 e. The monoisotopic (exact) mass is 373 g/mol. The molecule has 132 valence electrons. The van der Waals surface area contributed by atoms with Crippen molar-refractivity contribution in [2.24, 2.45) is 11.8 Å².